The number of imide groups is 1. The Bertz CT molecular complexity index is 830. The number of hydrazine groups is 1. The molecule has 7 nitrogen and oxygen atoms in total. The van der Waals surface area contributed by atoms with Crippen LogP contribution < -0.4 is 15.6 Å². The molecule has 0 aliphatic carbocycles. The van der Waals surface area contributed by atoms with Crippen LogP contribution in [0.5, 0.6) is 0 Å². The van der Waals surface area contributed by atoms with E-state index in [1.165, 1.54) is 0 Å². The van der Waals surface area contributed by atoms with Crippen LogP contribution in [0.25, 0.3) is 0 Å². The van der Waals surface area contributed by atoms with Gasteiger partial charge >= 0.3 is 0 Å². The Kier molecular flexibility index (Phi) is 5.61. The third-order valence-electron chi connectivity index (χ3n) is 4.80. The molecule has 2 fully saturated rings. The van der Waals surface area contributed by atoms with Crippen LogP contribution in [0.1, 0.15) is 12.8 Å². The van der Waals surface area contributed by atoms with E-state index in [1.807, 2.05) is 6.07 Å². The number of anilines is 1. The summed E-state index contributed by atoms with van der Waals surface area (Å²) in [6.07, 6.45) is 4.96. The lowest BCUT2D eigenvalue weighted by Gasteiger charge is -2.37. The molecule has 0 radical (unpaired) electrons. The van der Waals surface area contributed by atoms with Crippen molar-refractivity contribution in [2.45, 2.75) is 12.8 Å². The van der Waals surface area contributed by atoms with E-state index in [0.29, 0.717) is 36.2 Å². The molecular formula is C18H18Cl2N4O3. The fraction of sp³-hybridized carbons (Fsp3) is 0.389. The van der Waals surface area contributed by atoms with E-state index in [4.69, 9.17) is 29.6 Å². The zero-order chi connectivity index (χ0) is 19.6. The van der Waals surface area contributed by atoms with Gasteiger partial charge in [-0.1, -0.05) is 23.2 Å². The number of nitrogens with zero attached hydrogens (tertiary/aromatic N) is 2. The standard InChI is InChI=1S/C18H18Cl2N4O3/c1-2-5-18(11-15(25)21-16(18)26)17(27)22-24-8-6-23(7-9-24)12-3-4-13(19)14(20)10-12/h1,3-4,10H,5-9,11H2,(H,22,27)(H,21,25,26). The molecule has 1 aromatic rings. The molecule has 2 N–H and O–H groups in total. The summed E-state index contributed by atoms with van der Waals surface area (Å²) in [4.78, 5) is 38.5. The Hall–Kier alpha value is -2.27. The van der Waals surface area contributed by atoms with E-state index in [2.05, 4.69) is 21.6 Å². The summed E-state index contributed by atoms with van der Waals surface area (Å²) in [5.74, 6) is 0.653. The maximum Gasteiger partial charge on any atom is 0.251 e. The molecule has 3 amide bonds. The van der Waals surface area contributed by atoms with Gasteiger partial charge in [0.25, 0.3) is 5.91 Å². The van der Waals surface area contributed by atoms with Gasteiger partial charge in [-0.05, 0) is 18.2 Å². The normalized spacial score (nSPS) is 23.1. The number of hydrogen-bond donors (Lipinski definition) is 2. The number of amides is 3. The molecular weight excluding hydrogens is 391 g/mol. The highest BCUT2D eigenvalue weighted by atomic mass is 35.5. The summed E-state index contributed by atoms with van der Waals surface area (Å²) >= 11 is 12.0. The summed E-state index contributed by atoms with van der Waals surface area (Å²) < 4.78 is 0. The fourth-order valence-corrected chi connectivity index (χ4v) is 3.53. The highest BCUT2D eigenvalue weighted by molar-refractivity contribution is 6.42. The first-order valence-electron chi connectivity index (χ1n) is 8.39. The molecule has 2 saturated heterocycles. The number of halogens is 2. The molecule has 0 bridgehead atoms. The zero-order valence-corrected chi connectivity index (χ0v) is 15.9. The van der Waals surface area contributed by atoms with Crippen LogP contribution in [-0.2, 0) is 14.4 Å². The van der Waals surface area contributed by atoms with Crippen molar-refractivity contribution in [3.05, 3.63) is 28.2 Å². The highest BCUT2D eigenvalue weighted by Gasteiger charge is 2.52. The van der Waals surface area contributed by atoms with Gasteiger partial charge in [0.1, 0.15) is 5.41 Å². The summed E-state index contributed by atoms with van der Waals surface area (Å²) in [6, 6.07) is 5.43. The van der Waals surface area contributed by atoms with Crippen molar-refractivity contribution in [3.8, 4) is 12.3 Å². The van der Waals surface area contributed by atoms with E-state index in [9.17, 15) is 14.4 Å². The molecule has 2 aliphatic rings. The largest absolute Gasteiger partial charge is 0.369 e. The van der Waals surface area contributed by atoms with E-state index in [0.717, 1.165) is 5.69 Å². The van der Waals surface area contributed by atoms with Gasteiger partial charge in [-0.3, -0.25) is 25.1 Å². The Labute approximate surface area is 166 Å². The second kappa shape index (κ2) is 7.77. The monoisotopic (exact) mass is 408 g/mol. The Morgan fingerprint density at radius 3 is 2.48 bits per heavy atom. The average molecular weight is 409 g/mol. The molecule has 27 heavy (non-hydrogen) atoms. The third kappa shape index (κ3) is 3.88. The molecule has 9 heteroatoms. The van der Waals surface area contributed by atoms with Gasteiger partial charge in [-0.15, -0.1) is 12.3 Å². The minimum absolute atomic E-state index is 0.125. The molecule has 0 aromatic heterocycles. The Balaban J connectivity index is 1.62. The van der Waals surface area contributed by atoms with Gasteiger partial charge in [0.15, 0.2) is 0 Å². The fourth-order valence-electron chi connectivity index (χ4n) is 3.23. The number of hydrogen-bond acceptors (Lipinski definition) is 5. The molecule has 1 aromatic carbocycles. The average Bonchev–Trinajstić information content (AvgIpc) is 2.93. The molecule has 0 spiro atoms. The molecule has 0 saturated carbocycles. The predicted octanol–water partition coefficient (Wildman–Crippen LogP) is 1.20. The number of carbonyl (C=O) groups is 3. The second-order valence-electron chi connectivity index (χ2n) is 6.53. The Morgan fingerprint density at radius 1 is 1.22 bits per heavy atom. The summed E-state index contributed by atoms with van der Waals surface area (Å²) in [7, 11) is 0. The zero-order valence-electron chi connectivity index (χ0n) is 14.4. The van der Waals surface area contributed by atoms with Crippen molar-refractivity contribution in [1.29, 1.82) is 0 Å². The van der Waals surface area contributed by atoms with Crippen molar-refractivity contribution < 1.29 is 14.4 Å². The number of carbonyl (C=O) groups excluding carboxylic acids is 3. The minimum atomic E-state index is -1.54. The van der Waals surface area contributed by atoms with Crippen LogP contribution >= 0.6 is 23.2 Å². The van der Waals surface area contributed by atoms with Crippen molar-refractivity contribution >= 4 is 46.6 Å². The van der Waals surface area contributed by atoms with E-state index < -0.39 is 23.1 Å². The molecule has 2 aliphatic heterocycles. The quantitative estimate of drug-likeness (QED) is 0.444. The summed E-state index contributed by atoms with van der Waals surface area (Å²) in [5, 5.41) is 4.87. The van der Waals surface area contributed by atoms with Gasteiger partial charge < -0.3 is 4.90 Å². The predicted molar refractivity (Wildman–Crippen MR) is 102 cm³/mol. The topological polar surface area (TPSA) is 81.8 Å². The smallest absolute Gasteiger partial charge is 0.251 e. The van der Waals surface area contributed by atoms with E-state index >= 15 is 0 Å². The Morgan fingerprint density at radius 2 is 1.93 bits per heavy atom. The second-order valence-corrected chi connectivity index (χ2v) is 7.34. The minimum Gasteiger partial charge on any atom is -0.369 e. The summed E-state index contributed by atoms with van der Waals surface area (Å²) in [6.45, 7) is 2.36. The lowest BCUT2D eigenvalue weighted by atomic mass is 9.82. The summed E-state index contributed by atoms with van der Waals surface area (Å²) in [5.41, 5.74) is 2.15. The van der Waals surface area contributed by atoms with E-state index in [1.54, 1.807) is 17.1 Å². The molecule has 142 valence electrons. The van der Waals surface area contributed by atoms with Crippen LogP contribution in [0.2, 0.25) is 10.0 Å². The van der Waals surface area contributed by atoms with Crippen LogP contribution in [0.4, 0.5) is 5.69 Å². The van der Waals surface area contributed by atoms with E-state index in [-0.39, 0.29) is 12.8 Å². The van der Waals surface area contributed by atoms with Crippen LogP contribution in [0, 0.1) is 17.8 Å². The number of nitrogens with one attached hydrogen (secondary N) is 2. The number of terminal acetylenes is 1. The van der Waals surface area contributed by atoms with Crippen molar-refractivity contribution in [2.75, 3.05) is 31.1 Å². The molecule has 3 rings (SSSR count). The number of rotatable bonds is 4. The van der Waals surface area contributed by atoms with Gasteiger partial charge in [0, 0.05) is 38.3 Å². The maximum atomic E-state index is 12.7. The number of piperazine rings is 1. The molecule has 1 atom stereocenters. The first-order chi connectivity index (χ1) is 12.9. The van der Waals surface area contributed by atoms with Gasteiger partial charge in [-0.25, -0.2) is 5.01 Å². The van der Waals surface area contributed by atoms with Gasteiger partial charge in [0.2, 0.25) is 11.8 Å². The first-order valence-corrected chi connectivity index (χ1v) is 9.15. The van der Waals surface area contributed by atoms with Gasteiger partial charge in [0.05, 0.1) is 16.5 Å². The lowest BCUT2D eigenvalue weighted by Crippen LogP contribution is -2.57. The van der Waals surface area contributed by atoms with Crippen molar-refractivity contribution in [3.63, 3.8) is 0 Å². The van der Waals surface area contributed by atoms with Crippen molar-refractivity contribution in [1.82, 2.24) is 15.8 Å². The maximum absolute atomic E-state index is 12.7. The highest BCUT2D eigenvalue weighted by Crippen LogP contribution is 2.32. The van der Waals surface area contributed by atoms with Gasteiger partial charge in [-0.2, -0.15) is 0 Å². The van der Waals surface area contributed by atoms with Crippen LogP contribution in [-0.4, -0.2) is 48.9 Å². The first kappa shape index (κ1) is 19.5. The van der Waals surface area contributed by atoms with Crippen molar-refractivity contribution in [2.24, 2.45) is 5.41 Å². The molecule has 1 unspecified atom stereocenters. The third-order valence-corrected chi connectivity index (χ3v) is 5.54. The number of benzene rings is 1. The molecule has 2 heterocycles. The van der Waals surface area contributed by atoms with Crippen LogP contribution in [0.15, 0.2) is 18.2 Å². The SMILES string of the molecule is C#CCC1(C(=O)NN2CCN(c3ccc(Cl)c(Cl)c3)CC2)CC(=O)NC1=O. The van der Waals surface area contributed by atoms with Crippen LogP contribution in [0.3, 0.4) is 0 Å². The lowest BCUT2D eigenvalue weighted by molar-refractivity contribution is -0.144.